The zero-order valence-electron chi connectivity index (χ0n) is 20.4. The average molecular weight is 463 g/mol. The van der Waals surface area contributed by atoms with Crippen molar-refractivity contribution in [3.8, 4) is 0 Å². The van der Waals surface area contributed by atoms with Crippen LogP contribution in [-0.2, 0) is 4.74 Å². The second-order valence-corrected chi connectivity index (χ2v) is 11.0. The summed E-state index contributed by atoms with van der Waals surface area (Å²) in [5, 5.41) is 0. The van der Waals surface area contributed by atoms with Crippen molar-refractivity contribution >= 4 is 0 Å². The first-order chi connectivity index (χ1) is 16.0. The van der Waals surface area contributed by atoms with E-state index in [0.29, 0.717) is 23.7 Å². The number of hydrogen-bond acceptors (Lipinski definition) is 1. The van der Waals surface area contributed by atoms with E-state index in [1.54, 1.807) is 6.08 Å². The van der Waals surface area contributed by atoms with E-state index >= 15 is 8.78 Å². The molecule has 0 bridgehead atoms. The second-order valence-electron chi connectivity index (χ2n) is 11.0. The standard InChI is InChI=1S/C29H41F3O/c1-3-4-20-6-9-21(10-7-20)25-15-16-26(29(32)28(25)31)22-11-13-24(14-12-22)33-18-23-8-5-19(2)17-27(23)30/h15-17,19-24H,3-14,18H2,1-2H3. The Morgan fingerprint density at radius 2 is 1.36 bits per heavy atom. The predicted molar refractivity (Wildman–Crippen MR) is 128 cm³/mol. The van der Waals surface area contributed by atoms with Gasteiger partial charge in [0.1, 0.15) is 5.83 Å². The molecule has 3 aliphatic carbocycles. The Hall–Kier alpha value is -1.29. The minimum atomic E-state index is -0.629. The Balaban J connectivity index is 1.30. The summed E-state index contributed by atoms with van der Waals surface area (Å²) in [5.74, 6) is -0.119. The van der Waals surface area contributed by atoms with Crippen LogP contribution in [0.15, 0.2) is 24.0 Å². The molecule has 0 spiro atoms. The molecule has 0 aromatic heterocycles. The molecule has 2 fully saturated rings. The number of benzene rings is 1. The maximum Gasteiger partial charge on any atom is 0.162 e. The highest BCUT2D eigenvalue weighted by Gasteiger charge is 2.30. The van der Waals surface area contributed by atoms with Crippen molar-refractivity contribution in [2.24, 2.45) is 17.8 Å². The topological polar surface area (TPSA) is 9.23 Å². The molecule has 184 valence electrons. The zero-order chi connectivity index (χ0) is 23.4. The molecule has 1 nitrogen and oxygen atoms in total. The monoisotopic (exact) mass is 462 g/mol. The van der Waals surface area contributed by atoms with E-state index in [2.05, 4.69) is 6.92 Å². The van der Waals surface area contributed by atoms with E-state index in [4.69, 9.17) is 4.74 Å². The van der Waals surface area contributed by atoms with Crippen LogP contribution in [0.5, 0.6) is 0 Å². The number of halogens is 3. The Bertz CT molecular complexity index is 803. The minimum absolute atomic E-state index is 0.0288. The molecule has 0 N–H and O–H groups in total. The molecule has 0 heterocycles. The second kappa shape index (κ2) is 11.4. The Morgan fingerprint density at radius 3 is 1.91 bits per heavy atom. The summed E-state index contributed by atoms with van der Waals surface area (Å²) >= 11 is 0. The third kappa shape index (κ3) is 6.05. The lowest BCUT2D eigenvalue weighted by molar-refractivity contribution is 0.00379. The zero-order valence-corrected chi connectivity index (χ0v) is 20.4. The smallest absolute Gasteiger partial charge is 0.162 e. The van der Waals surface area contributed by atoms with Crippen molar-refractivity contribution in [3.63, 3.8) is 0 Å². The fourth-order valence-corrected chi connectivity index (χ4v) is 6.43. The van der Waals surface area contributed by atoms with Crippen LogP contribution in [0.25, 0.3) is 0 Å². The summed E-state index contributed by atoms with van der Waals surface area (Å²) in [4.78, 5) is 0. The fourth-order valence-electron chi connectivity index (χ4n) is 6.43. The van der Waals surface area contributed by atoms with Gasteiger partial charge in [-0.2, -0.15) is 0 Å². The molecule has 0 aliphatic heterocycles. The molecule has 0 saturated heterocycles. The van der Waals surface area contributed by atoms with Crippen LogP contribution in [-0.4, -0.2) is 12.7 Å². The minimum Gasteiger partial charge on any atom is -0.377 e. The largest absolute Gasteiger partial charge is 0.377 e. The number of ether oxygens (including phenoxy) is 1. The van der Waals surface area contributed by atoms with Gasteiger partial charge in [-0.05, 0) is 105 Å². The molecule has 33 heavy (non-hydrogen) atoms. The van der Waals surface area contributed by atoms with Gasteiger partial charge in [0.2, 0.25) is 0 Å². The van der Waals surface area contributed by atoms with Gasteiger partial charge in [-0.3, -0.25) is 0 Å². The first-order valence-electron chi connectivity index (χ1n) is 13.4. The van der Waals surface area contributed by atoms with Crippen molar-refractivity contribution in [2.45, 2.75) is 109 Å². The highest BCUT2D eigenvalue weighted by molar-refractivity contribution is 5.32. The lowest BCUT2D eigenvalue weighted by atomic mass is 9.76. The Morgan fingerprint density at radius 1 is 0.788 bits per heavy atom. The quantitative estimate of drug-likeness (QED) is 0.393. The van der Waals surface area contributed by atoms with Gasteiger partial charge in [0, 0.05) is 5.92 Å². The predicted octanol–water partition coefficient (Wildman–Crippen LogP) is 8.98. The van der Waals surface area contributed by atoms with Crippen LogP contribution >= 0.6 is 0 Å². The fraction of sp³-hybridized carbons (Fsp3) is 0.724. The molecule has 0 radical (unpaired) electrons. The van der Waals surface area contributed by atoms with Gasteiger partial charge in [0.05, 0.1) is 12.7 Å². The molecule has 1 aromatic rings. The van der Waals surface area contributed by atoms with Crippen LogP contribution in [0.4, 0.5) is 13.2 Å². The molecule has 2 atom stereocenters. The molecular formula is C29H41F3O. The van der Waals surface area contributed by atoms with Gasteiger partial charge in [0.25, 0.3) is 0 Å². The first-order valence-corrected chi connectivity index (χ1v) is 13.4. The van der Waals surface area contributed by atoms with Crippen LogP contribution in [0.3, 0.4) is 0 Å². The van der Waals surface area contributed by atoms with Crippen LogP contribution in [0.1, 0.15) is 114 Å². The summed E-state index contributed by atoms with van der Waals surface area (Å²) in [6.45, 7) is 4.70. The van der Waals surface area contributed by atoms with Crippen molar-refractivity contribution in [2.75, 3.05) is 6.61 Å². The van der Waals surface area contributed by atoms with Gasteiger partial charge in [-0.15, -0.1) is 0 Å². The highest BCUT2D eigenvalue weighted by Crippen LogP contribution is 2.42. The van der Waals surface area contributed by atoms with E-state index < -0.39 is 11.6 Å². The van der Waals surface area contributed by atoms with Crippen molar-refractivity contribution < 1.29 is 17.9 Å². The van der Waals surface area contributed by atoms with Gasteiger partial charge < -0.3 is 4.74 Å². The first kappa shape index (κ1) is 24.8. The van der Waals surface area contributed by atoms with Gasteiger partial charge >= 0.3 is 0 Å². The maximum atomic E-state index is 15.1. The van der Waals surface area contributed by atoms with Gasteiger partial charge in [-0.1, -0.05) is 38.8 Å². The van der Waals surface area contributed by atoms with E-state index in [0.717, 1.165) is 70.1 Å². The molecule has 4 heteroatoms. The summed E-state index contributed by atoms with van der Waals surface area (Å²) in [5.41, 5.74) is 1.12. The van der Waals surface area contributed by atoms with Crippen molar-refractivity contribution in [3.05, 3.63) is 46.8 Å². The van der Waals surface area contributed by atoms with E-state index in [9.17, 15) is 4.39 Å². The molecular weight excluding hydrogens is 421 g/mol. The summed E-state index contributed by atoms with van der Waals surface area (Å²) in [6.07, 6.45) is 13.6. The van der Waals surface area contributed by atoms with Crippen LogP contribution < -0.4 is 0 Å². The molecule has 0 amide bonds. The molecule has 2 unspecified atom stereocenters. The lowest BCUT2D eigenvalue weighted by Gasteiger charge is -2.32. The SMILES string of the molecule is CCCC1CCC(c2ccc(C3CCC(OCC4CCC(C)C=C4F)CC3)c(F)c2F)CC1. The molecule has 3 aliphatic rings. The van der Waals surface area contributed by atoms with E-state index in [1.807, 2.05) is 19.1 Å². The number of hydrogen-bond donors (Lipinski definition) is 0. The maximum absolute atomic E-state index is 15.1. The summed E-state index contributed by atoms with van der Waals surface area (Å²) in [7, 11) is 0. The molecule has 2 saturated carbocycles. The van der Waals surface area contributed by atoms with Gasteiger partial charge in [0.15, 0.2) is 11.6 Å². The number of rotatable bonds is 7. The Labute approximate surface area is 198 Å². The molecule has 1 aromatic carbocycles. The third-order valence-corrected chi connectivity index (χ3v) is 8.58. The van der Waals surface area contributed by atoms with Gasteiger partial charge in [-0.25, -0.2) is 13.2 Å². The van der Waals surface area contributed by atoms with Crippen LogP contribution in [0, 0.1) is 29.4 Å². The van der Waals surface area contributed by atoms with E-state index in [-0.39, 0.29) is 29.7 Å². The van der Waals surface area contributed by atoms with E-state index in [1.165, 1.54) is 12.8 Å². The number of allylic oxidation sites excluding steroid dienone is 1. The summed E-state index contributed by atoms with van der Waals surface area (Å²) < 4.78 is 50.4. The van der Waals surface area contributed by atoms with Crippen molar-refractivity contribution in [1.29, 1.82) is 0 Å². The Kier molecular flexibility index (Phi) is 8.59. The van der Waals surface area contributed by atoms with Crippen LogP contribution in [0.2, 0.25) is 0 Å². The highest BCUT2D eigenvalue weighted by atomic mass is 19.2. The van der Waals surface area contributed by atoms with Crippen molar-refractivity contribution in [1.82, 2.24) is 0 Å². The molecule has 4 rings (SSSR count). The average Bonchev–Trinajstić information content (AvgIpc) is 2.82. The lowest BCUT2D eigenvalue weighted by Crippen LogP contribution is -2.25. The normalized spacial score (nSPS) is 33.1. The summed E-state index contributed by atoms with van der Waals surface area (Å²) in [6, 6.07) is 3.71. The third-order valence-electron chi connectivity index (χ3n) is 8.58.